The number of aliphatic hydroxyl groups is 4. The van der Waals surface area contributed by atoms with E-state index in [4.69, 9.17) is 5.73 Å². The number of nitrogens with one attached hydrogen (secondary N) is 4. The van der Waals surface area contributed by atoms with Crippen molar-refractivity contribution in [1.82, 2.24) is 20.9 Å². The van der Waals surface area contributed by atoms with Crippen LogP contribution in [0.25, 0.3) is 10.9 Å². The topological polar surface area (TPSA) is 247 Å². The molecule has 0 aliphatic carbocycles. The highest BCUT2D eigenvalue weighted by atomic mass is 16.4. The Morgan fingerprint density at radius 3 is 2.13 bits per heavy atom. The van der Waals surface area contributed by atoms with Crippen molar-refractivity contribution in [1.29, 1.82) is 0 Å². The van der Waals surface area contributed by atoms with Crippen LogP contribution in [-0.2, 0) is 25.6 Å². The van der Waals surface area contributed by atoms with E-state index in [1.165, 1.54) is 0 Å². The lowest BCUT2D eigenvalue weighted by atomic mass is 9.97. The van der Waals surface area contributed by atoms with Gasteiger partial charge in [0, 0.05) is 17.1 Å². The fourth-order valence-corrected chi connectivity index (χ4v) is 5.08. The van der Waals surface area contributed by atoms with Crippen molar-refractivity contribution < 1.29 is 44.7 Å². The number of hydrogen-bond donors (Lipinski definition) is 10. The molecule has 7 unspecified atom stereocenters. The van der Waals surface area contributed by atoms with Gasteiger partial charge in [-0.25, -0.2) is 0 Å². The minimum absolute atomic E-state index is 0.0714. The second kappa shape index (κ2) is 16.8. The molecule has 11 N–H and O–H groups in total. The molecule has 14 heteroatoms. The fraction of sp³-hybridized carbons (Fsp3) is 0.438. The number of fused-ring (bicyclic) bond motifs is 1. The summed E-state index contributed by atoms with van der Waals surface area (Å²) in [6.07, 6.45) is -4.89. The van der Waals surface area contributed by atoms with Gasteiger partial charge in [-0.15, -0.1) is 0 Å². The first-order valence-corrected chi connectivity index (χ1v) is 15.0. The third kappa shape index (κ3) is 9.83. The zero-order valence-electron chi connectivity index (χ0n) is 25.7. The number of aliphatic carboxylic acids is 1. The number of hydrogen-bond acceptors (Lipinski definition) is 9. The lowest BCUT2D eigenvalue weighted by Gasteiger charge is -2.31. The van der Waals surface area contributed by atoms with Gasteiger partial charge in [-0.3, -0.25) is 19.2 Å². The first kappa shape index (κ1) is 36.1. The number of carbonyl (C=O) groups is 4. The molecule has 0 aliphatic rings. The number of rotatable bonds is 17. The van der Waals surface area contributed by atoms with E-state index >= 15 is 0 Å². The maximum Gasteiger partial charge on any atom is 0.305 e. The molecular weight excluding hydrogens is 598 g/mol. The number of carboxylic acids is 1. The minimum atomic E-state index is -2.25. The smallest absolute Gasteiger partial charge is 0.305 e. The Morgan fingerprint density at radius 1 is 0.848 bits per heavy atom. The molecule has 0 saturated carbocycles. The van der Waals surface area contributed by atoms with Crippen LogP contribution in [0.5, 0.6) is 0 Å². The molecular formula is C32H43N5O9. The van der Waals surface area contributed by atoms with Crippen LogP contribution in [0.3, 0.4) is 0 Å². The fourth-order valence-electron chi connectivity index (χ4n) is 5.08. The molecule has 3 aromatic rings. The van der Waals surface area contributed by atoms with E-state index in [1.54, 1.807) is 36.5 Å². The Labute approximate surface area is 266 Å². The number of carboxylic acid groups (broad SMARTS) is 1. The van der Waals surface area contributed by atoms with Crippen LogP contribution in [-0.4, -0.2) is 97.3 Å². The largest absolute Gasteiger partial charge is 0.481 e. The number of benzene rings is 2. The average Bonchev–Trinajstić information content (AvgIpc) is 3.44. The maximum absolute atomic E-state index is 13.3. The lowest BCUT2D eigenvalue weighted by Crippen LogP contribution is -2.60. The van der Waals surface area contributed by atoms with Gasteiger partial charge in [-0.1, -0.05) is 62.4 Å². The van der Waals surface area contributed by atoms with Gasteiger partial charge in [0.15, 0.2) is 6.10 Å². The third-order valence-electron chi connectivity index (χ3n) is 7.57. The third-order valence-corrected chi connectivity index (χ3v) is 7.57. The normalized spacial score (nSPS) is 16.1. The quantitative estimate of drug-likeness (QED) is 0.0902. The number of aromatic amines is 1. The monoisotopic (exact) mass is 641 g/mol. The van der Waals surface area contributed by atoms with Crippen molar-refractivity contribution in [2.45, 2.75) is 75.6 Å². The van der Waals surface area contributed by atoms with Crippen LogP contribution < -0.4 is 21.7 Å². The molecule has 46 heavy (non-hydrogen) atoms. The van der Waals surface area contributed by atoms with Gasteiger partial charge in [0.1, 0.15) is 18.2 Å². The molecule has 0 fully saturated rings. The molecule has 0 bridgehead atoms. The van der Waals surface area contributed by atoms with E-state index < -0.39 is 79.2 Å². The summed E-state index contributed by atoms with van der Waals surface area (Å²) >= 11 is 0. The van der Waals surface area contributed by atoms with Crippen molar-refractivity contribution in [3.8, 4) is 0 Å². The first-order valence-electron chi connectivity index (χ1n) is 15.0. The summed E-state index contributed by atoms with van der Waals surface area (Å²) in [7, 11) is 0. The van der Waals surface area contributed by atoms with Crippen LogP contribution in [0.4, 0.5) is 0 Å². The maximum atomic E-state index is 13.3. The number of carbonyl (C=O) groups excluding carboxylic acids is 3. The van der Waals surface area contributed by atoms with E-state index in [-0.39, 0.29) is 18.8 Å². The number of amides is 3. The molecule has 0 radical (unpaired) electrons. The Bertz CT molecular complexity index is 1460. The summed E-state index contributed by atoms with van der Waals surface area (Å²) < 4.78 is 0. The standard InChI is InChI=1S/C32H43N5O9/c1-17(2)12-24(36-30(44)21(33)13-19-15-34-22-11-7-6-10-20(19)22)31(45)37-25(16-38)27(41)28(42)29(43)32(46)35-23(14-26(39)40)18-8-4-3-5-9-18/h3-11,15,17,21,23-25,27-29,34,38,41-43H,12-14,16,33H2,1-2H3,(H,35,46)(H,36,44)(H,37,45)(H,39,40). The Hall–Kier alpha value is -4.34. The van der Waals surface area contributed by atoms with Gasteiger partial charge in [0.2, 0.25) is 11.8 Å². The van der Waals surface area contributed by atoms with Crippen LogP contribution >= 0.6 is 0 Å². The van der Waals surface area contributed by atoms with Gasteiger partial charge >= 0.3 is 5.97 Å². The van der Waals surface area contributed by atoms with Crippen molar-refractivity contribution in [2.75, 3.05) is 6.61 Å². The summed E-state index contributed by atoms with van der Waals surface area (Å²) in [5, 5.41) is 59.3. The Kier molecular flexibility index (Phi) is 13.2. The van der Waals surface area contributed by atoms with E-state index in [0.29, 0.717) is 5.56 Å². The second-order valence-electron chi connectivity index (χ2n) is 11.7. The molecule has 0 saturated heterocycles. The molecule has 3 rings (SSSR count). The van der Waals surface area contributed by atoms with Gasteiger partial charge in [-0.05, 0) is 36.0 Å². The van der Waals surface area contributed by atoms with E-state index in [0.717, 1.165) is 16.5 Å². The molecule has 7 atom stereocenters. The predicted octanol–water partition coefficient (Wildman–Crippen LogP) is -0.539. The van der Waals surface area contributed by atoms with Crippen molar-refractivity contribution in [3.63, 3.8) is 0 Å². The molecule has 1 heterocycles. The SMILES string of the molecule is CC(C)CC(NC(=O)C(N)Cc1c[nH]c2ccccc12)C(=O)NC(CO)C(O)C(O)C(O)C(=O)NC(CC(=O)O)c1ccccc1. The van der Waals surface area contributed by atoms with Gasteiger partial charge in [0.05, 0.1) is 31.2 Å². The highest BCUT2D eigenvalue weighted by Crippen LogP contribution is 2.20. The first-order chi connectivity index (χ1) is 21.8. The van der Waals surface area contributed by atoms with Crippen LogP contribution in [0.15, 0.2) is 60.8 Å². The zero-order chi connectivity index (χ0) is 34.0. The highest BCUT2D eigenvalue weighted by Gasteiger charge is 2.37. The summed E-state index contributed by atoms with van der Waals surface area (Å²) in [4.78, 5) is 53.5. The summed E-state index contributed by atoms with van der Waals surface area (Å²) in [5.74, 6) is -3.88. The summed E-state index contributed by atoms with van der Waals surface area (Å²) in [6, 6.07) is 10.9. The van der Waals surface area contributed by atoms with Gasteiger partial charge < -0.3 is 52.2 Å². The highest BCUT2D eigenvalue weighted by molar-refractivity contribution is 5.91. The van der Waals surface area contributed by atoms with Gasteiger partial charge in [0.25, 0.3) is 5.91 Å². The minimum Gasteiger partial charge on any atom is -0.481 e. The predicted molar refractivity (Wildman–Crippen MR) is 168 cm³/mol. The molecule has 3 amide bonds. The van der Waals surface area contributed by atoms with E-state index in [2.05, 4.69) is 20.9 Å². The van der Waals surface area contributed by atoms with Gasteiger partial charge in [-0.2, -0.15) is 0 Å². The average molecular weight is 642 g/mol. The number of aliphatic hydroxyl groups excluding tert-OH is 4. The lowest BCUT2D eigenvalue weighted by molar-refractivity contribution is -0.145. The van der Waals surface area contributed by atoms with Crippen molar-refractivity contribution in [3.05, 3.63) is 71.9 Å². The molecule has 14 nitrogen and oxygen atoms in total. The number of H-pyrrole nitrogens is 1. The molecule has 0 spiro atoms. The number of aromatic nitrogens is 1. The van der Waals surface area contributed by atoms with Crippen molar-refractivity contribution >= 4 is 34.6 Å². The Morgan fingerprint density at radius 2 is 1.50 bits per heavy atom. The van der Waals surface area contributed by atoms with E-state index in [9.17, 15) is 44.7 Å². The number of nitrogens with two attached hydrogens (primary N) is 1. The van der Waals surface area contributed by atoms with Crippen molar-refractivity contribution in [2.24, 2.45) is 11.7 Å². The van der Waals surface area contributed by atoms with Crippen LogP contribution in [0, 0.1) is 5.92 Å². The second-order valence-corrected chi connectivity index (χ2v) is 11.7. The summed E-state index contributed by atoms with van der Waals surface area (Å²) in [6.45, 7) is 2.75. The zero-order valence-corrected chi connectivity index (χ0v) is 25.7. The van der Waals surface area contributed by atoms with E-state index in [1.807, 2.05) is 38.1 Å². The van der Waals surface area contributed by atoms with Crippen LogP contribution in [0.2, 0.25) is 0 Å². The molecule has 1 aromatic heterocycles. The Balaban J connectivity index is 1.64. The summed E-state index contributed by atoms with van der Waals surface area (Å²) in [5.41, 5.74) is 8.32. The number of para-hydroxylation sites is 1. The van der Waals surface area contributed by atoms with Crippen LogP contribution in [0.1, 0.15) is 43.9 Å². The molecule has 250 valence electrons. The molecule has 0 aliphatic heterocycles. The molecule has 2 aromatic carbocycles.